The van der Waals surface area contributed by atoms with Gasteiger partial charge in [-0.3, -0.25) is 9.59 Å². The number of rotatable bonds is 41. The summed E-state index contributed by atoms with van der Waals surface area (Å²) in [5.41, 5.74) is 0. The van der Waals surface area contributed by atoms with Crippen LogP contribution in [0.2, 0.25) is 0 Å². The summed E-state index contributed by atoms with van der Waals surface area (Å²) in [6.45, 7) is 4.77. The zero-order valence-electron chi connectivity index (χ0n) is 35.0. The fourth-order valence-electron chi connectivity index (χ4n) is 6.59. The number of esters is 1. The fraction of sp³-hybridized carbons (Fsp3) is 0.830. The van der Waals surface area contributed by atoms with Gasteiger partial charge in [0, 0.05) is 12.8 Å². The van der Waals surface area contributed by atoms with Gasteiger partial charge in [0.15, 0.2) is 0 Å². The maximum Gasteiger partial charge on any atom is 0.305 e. The Hall–Kier alpha value is -1.92. The van der Waals surface area contributed by atoms with E-state index in [1.807, 2.05) is 6.08 Å². The van der Waals surface area contributed by atoms with Gasteiger partial charge in [0.2, 0.25) is 5.91 Å². The molecule has 6 heteroatoms. The summed E-state index contributed by atoms with van der Waals surface area (Å²) in [4.78, 5) is 24.4. The quantitative estimate of drug-likeness (QED) is 0.0329. The van der Waals surface area contributed by atoms with Gasteiger partial charge in [-0.1, -0.05) is 192 Å². The topological polar surface area (TPSA) is 95.9 Å². The lowest BCUT2D eigenvalue weighted by atomic mass is 10.0. The van der Waals surface area contributed by atoms with Crippen molar-refractivity contribution in [2.24, 2.45) is 0 Å². The number of aliphatic hydroxyl groups is 2. The Morgan fingerprint density at radius 2 is 0.962 bits per heavy atom. The Balaban J connectivity index is 3.56. The Kier molecular flexibility index (Phi) is 41.3. The van der Waals surface area contributed by atoms with Crippen LogP contribution in [-0.2, 0) is 14.3 Å². The number of unbranched alkanes of at least 4 members (excludes halogenated alkanes) is 26. The number of hydrogen-bond donors (Lipinski definition) is 3. The second-order valence-corrected chi connectivity index (χ2v) is 15.4. The molecule has 0 rings (SSSR count). The van der Waals surface area contributed by atoms with Crippen LogP contribution in [0.25, 0.3) is 0 Å². The second kappa shape index (κ2) is 42.8. The number of carbonyl (C=O) groups excluding carboxylic acids is 2. The molecule has 2 atom stereocenters. The summed E-state index contributed by atoms with van der Waals surface area (Å²) in [6, 6.07) is -0.648. The SMILES string of the molecule is CCCC/C=C\C/C=C\CCCCCCCC(=O)OCCCCCCCCCCCC(=O)NC(CO)C(O)/C=C/CCCCCCCCCCCCC. The van der Waals surface area contributed by atoms with Crippen molar-refractivity contribution in [2.45, 2.75) is 238 Å². The van der Waals surface area contributed by atoms with E-state index in [9.17, 15) is 19.8 Å². The van der Waals surface area contributed by atoms with Crippen LogP contribution in [0.4, 0.5) is 0 Å². The third-order valence-corrected chi connectivity index (χ3v) is 10.2. The Morgan fingerprint density at radius 1 is 0.528 bits per heavy atom. The molecule has 0 aromatic heterocycles. The molecule has 0 bridgehead atoms. The third kappa shape index (κ3) is 39.6. The molecule has 1 amide bonds. The number of aliphatic hydroxyl groups excluding tert-OH is 2. The predicted molar refractivity (Wildman–Crippen MR) is 227 cm³/mol. The predicted octanol–water partition coefficient (Wildman–Crippen LogP) is 12.9. The van der Waals surface area contributed by atoms with Crippen LogP contribution >= 0.6 is 0 Å². The zero-order chi connectivity index (χ0) is 38.7. The highest BCUT2D eigenvalue weighted by Gasteiger charge is 2.18. The molecule has 0 aliphatic carbocycles. The lowest BCUT2D eigenvalue weighted by Crippen LogP contribution is -2.45. The van der Waals surface area contributed by atoms with Gasteiger partial charge in [0.1, 0.15) is 0 Å². The van der Waals surface area contributed by atoms with E-state index in [4.69, 9.17) is 4.74 Å². The third-order valence-electron chi connectivity index (χ3n) is 10.2. The average molecular weight is 746 g/mol. The lowest BCUT2D eigenvalue weighted by Gasteiger charge is -2.20. The summed E-state index contributed by atoms with van der Waals surface area (Å²) in [6.07, 6.45) is 49.8. The van der Waals surface area contributed by atoms with E-state index in [2.05, 4.69) is 43.5 Å². The van der Waals surface area contributed by atoms with Crippen molar-refractivity contribution in [1.82, 2.24) is 5.32 Å². The minimum absolute atomic E-state index is 0.0430. The maximum absolute atomic E-state index is 12.4. The van der Waals surface area contributed by atoms with Gasteiger partial charge in [-0.05, 0) is 57.8 Å². The van der Waals surface area contributed by atoms with Crippen molar-refractivity contribution >= 4 is 11.9 Å². The van der Waals surface area contributed by atoms with E-state index in [1.54, 1.807) is 6.08 Å². The van der Waals surface area contributed by atoms with E-state index in [0.29, 0.717) is 19.4 Å². The molecule has 0 saturated carbocycles. The summed E-state index contributed by atoms with van der Waals surface area (Å²) >= 11 is 0. The zero-order valence-corrected chi connectivity index (χ0v) is 35.0. The van der Waals surface area contributed by atoms with Crippen LogP contribution in [0.15, 0.2) is 36.5 Å². The molecular weight excluding hydrogens is 659 g/mol. The molecule has 0 aliphatic rings. The van der Waals surface area contributed by atoms with Crippen molar-refractivity contribution in [1.29, 1.82) is 0 Å². The van der Waals surface area contributed by atoms with Crippen LogP contribution in [0, 0.1) is 0 Å². The van der Waals surface area contributed by atoms with Crippen molar-refractivity contribution < 1.29 is 24.5 Å². The van der Waals surface area contributed by atoms with Crippen LogP contribution in [0.3, 0.4) is 0 Å². The van der Waals surface area contributed by atoms with E-state index >= 15 is 0 Å². The first-order valence-electron chi connectivity index (χ1n) is 22.8. The first-order valence-corrected chi connectivity index (χ1v) is 22.8. The molecule has 0 aliphatic heterocycles. The minimum Gasteiger partial charge on any atom is -0.466 e. The van der Waals surface area contributed by atoms with Crippen molar-refractivity contribution in [3.05, 3.63) is 36.5 Å². The highest BCUT2D eigenvalue weighted by molar-refractivity contribution is 5.76. The van der Waals surface area contributed by atoms with Gasteiger partial charge in [-0.25, -0.2) is 0 Å². The molecule has 0 saturated heterocycles. The molecule has 0 heterocycles. The van der Waals surface area contributed by atoms with Gasteiger partial charge in [-0.2, -0.15) is 0 Å². The van der Waals surface area contributed by atoms with E-state index in [1.165, 1.54) is 128 Å². The Morgan fingerprint density at radius 3 is 1.49 bits per heavy atom. The van der Waals surface area contributed by atoms with Crippen LogP contribution < -0.4 is 5.32 Å². The largest absolute Gasteiger partial charge is 0.466 e. The maximum atomic E-state index is 12.4. The highest BCUT2D eigenvalue weighted by atomic mass is 16.5. The van der Waals surface area contributed by atoms with Crippen molar-refractivity contribution in [3.63, 3.8) is 0 Å². The molecule has 0 aromatic rings. The molecule has 0 spiro atoms. The monoisotopic (exact) mass is 746 g/mol. The number of ether oxygens (including phenoxy) is 1. The summed E-state index contributed by atoms with van der Waals surface area (Å²) in [5, 5.41) is 22.9. The van der Waals surface area contributed by atoms with E-state index < -0.39 is 12.1 Å². The molecule has 53 heavy (non-hydrogen) atoms. The first kappa shape index (κ1) is 51.1. The van der Waals surface area contributed by atoms with Gasteiger partial charge >= 0.3 is 5.97 Å². The highest BCUT2D eigenvalue weighted by Crippen LogP contribution is 2.14. The van der Waals surface area contributed by atoms with Gasteiger partial charge < -0.3 is 20.3 Å². The molecule has 6 nitrogen and oxygen atoms in total. The molecule has 2 unspecified atom stereocenters. The van der Waals surface area contributed by atoms with Crippen molar-refractivity contribution in [3.8, 4) is 0 Å². The summed E-state index contributed by atoms with van der Waals surface area (Å²) in [5.74, 6) is -0.142. The second-order valence-electron chi connectivity index (χ2n) is 15.4. The Labute approximate surface area is 328 Å². The smallest absolute Gasteiger partial charge is 0.305 e. The number of allylic oxidation sites excluding steroid dienone is 5. The molecule has 0 aromatic carbocycles. The minimum atomic E-state index is -0.862. The molecule has 3 N–H and O–H groups in total. The average Bonchev–Trinajstić information content (AvgIpc) is 3.16. The number of hydrogen-bond acceptors (Lipinski definition) is 5. The van der Waals surface area contributed by atoms with E-state index in [0.717, 1.165) is 70.6 Å². The molecule has 0 radical (unpaired) electrons. The van der Waals surface area contributed by atoms with Crippen LogP contribution in [0.1, 0.15) is 226 Å². The summed E-state index contributed by atoms with van der Waals surface area (Å²) < 4.78 is 5.43. The fourth-order valence-corrected chi connectivity index (χ4v) is 6.59. The number of amides is 1. The first-order chi connectivity index (χ1) is 26.0. The number of carbonyl (C=O) groups is 2. The summed E-state index contributed by atoms with van der Waals surface area (Å²) in [7, 11) is 0. The van der Waals surface area contributed by atoms with E-state index in [-0.39, 0.29) is 18.5 Å². The molecular formula is C47H87NO5. The lowest BCUT2D eigenvalue weighted by molar-refractivity contribution is -0.143. The van der Waals surface area contributed by atoms with Crippen LogP contribution in [-0.4, -0.2) is 47.4 Å². The van der Waals surface area contributed by atoms with Gasteiger partial charge in [0.05, 0.1) is 25.4 Å². The van der Waals surface area contributed by atoms with Gasteiger partial charge in [0.25, 0.3) is 0 Å². The molecule has 310 valence electrons. The van der Waals surface area contributed by atoms with Gasteiger partial charge in [-0.15, -0.1) is 0 Å². The Bertz CT molecular complexity index is 869. The molecule has 0 fully saturated rings. The number of nitrogens with one attached hydrogen (secondary N) is 1. The van der Waals surface area contributed by atoms with Crippen molar-refractivity contribution in [2.75, 3.05) is 13.2 Å². The standard InChI is InChI=1S/C47H87NO5/c1-3-5-7-9-11-13-15-17-19-21-25-29-33-37-41-47(52)53-42-38-34-30-26-22-24-28-32-36-40-46(51)48-44(43-49)45(50)39-35-31-27-23-20-18-16-14-12-10-8-6-4-2/h9,11,15,17,35,39,44-45,49-50H,3-8,10,12-14,16,18-34,36-38,40-43H2,1-2H3,(H,48,51)/b11-9-,17-15-,39-35+. The normalized spacial score (nSPS) is 13.1. The van der Waals surface area contributed by atoms with Crippen LogP contribution in [0.5, 0.6) is 0 Å².